The average Bonchev–Trinajstić information content (AvgIpc) is 3.18. The molecule has 2 aliphatic carbocycles. The molecule has 1 aromatic carbocycles. The van der Waals surface area contributed by atoms with Crippen molar-refractivity contribution in [1.29, 1.82) is 0 Å². The van der Waals surface area contributed by atoms with Crippen LogP contribution in [0.4, 0.5) is 5.69 Å². The molecule has 1 aromatic rings. The molecule has 8 heteroatoms. The van der Waals surface area contributed by atoms with Gasteiger partial charge in [-0.3, -0.25) is 0 Å². The number of non-ortho nitro benzene ring substituents is 1. The molecule has 4 rings (SSSR count). The first-order chi connectivity index (χ1) is 20.1. The molecule has 0 bridgehead atoms. The van der Waals surface area contributed by atoms with E-state index in [-0.39, 0.29) is 17.3 Å². The summed E-state index contributed by atoms with van der Waals surface area (Å²) in [5, 5.41) is 10.7. The summed E-state index contributed by atoms with van der Waals surface area (Å²) in [6.07, 6.45) is 14.5. The Labute approximate surface area is 274 Å². The average molecular weight is 722 g/mol. The molecule has 2 atom stereocenters. The van der Waals surface area contributed by atoms with Crippen LogP contribution in [0.15, 0.2) is 41.6 Å². The molecule has 43 heavy (non-hydrogen) atoms. The molecule has 1 aliphatic heterocycles. The molecule has 244 valence electrons. The topological polar surface area (TPSA) is 55.6 Å². The second-order valence-corrected chi connectivity index (χ2v) is 20.0. The second-order valence-electron chi connectivity index (χ2n) is 14.3. The van der Waals surface area contributed by atoms with Gasteiger partial charge in [-0.15, -0.1) is 5.41 Å². The van der Waals surface area contributed by atoms with E-state index in [1.54, 1.807) is 21.9 Å². The fraction of sp³-hybridized carbons (Fsp3) is 0.657. The van der Waals surface area contributed by atoms with Crippen LogP contribution in [0.5, 0.6) is 5.75 Å². The summed E-state index contributed by atoms with van der Waals surface area (Å²) in [4.78, 5) is 13.0. The van der Waals surface area contributed by atoms with Crippen molar-refractivity contribution in [3.63, 3.8) is 0 Å². The molecule has 2 fully saturated rings. The number of halogens is 2. The van der Waals surface area contributed by atoms with Crippen LogP contribution in [0, 0.1) is 45.7 Å². The Kier molecular flexibility index (Phi) is 13.0. The molecule has 0 aromatic heterocycles. The Balaban J connectivity index is 0.000000259. The van der Waals surface area contributed by atoms with Gasteiger partial charge >= 0.3 is 112 Å². The van der Waals surface area contributed by atoms with Gasteiger partial charge in [0.25, 0.3) is 0 Å². The maximum atomic E-state index is 10.7. The molecule has 0 spiro atoms. The fourth-order valence-electron chi connectivity index (χ4n) is 7.26. The molecule has 5 nitrogen and oxygen atoms in total. The first-order valence-electron chi connectivity index (χ1n) is 15.9. The van der Waals surface area contributed by atoms with E-state index in [0.717, 1.165) is 5.92 Å². The summed E-state index contributed by atoms with van der Waals surface area (Å²) in [5.41, 5.74) is 4.38. The number of nitro benzene ring substituents is 1. The van der Waals surface area contributed by atoms with Gasteiger partial charge in [0, 0.05) is 11.5 Å². The predicted octanol–water partition coefficient (Wildman–Crippen LogP) is 10.8. The number of benzene rings is 1. The number of likely N-dealkylation sites (tertiary alicyclic amines) is 1. The quantitative estimate of drug-likeness (QED) is 0.116. The van der Waals surface area contributed by atoms with E-state index in [9.17, 15) is 10.1 Å². The van der Waals surface area contributed by atoms with Crippen LogP contribution in [0.3, 0.4) is 0 Å². The number of nitrogens with zero attached hydrogens (tertiary/aromatic N) is 2. The van der Waals surface area contributed by atoms with Gasteiger partial charge in [0.15, 0.2) is 0 Å². The van der Waals surface area contributed by atoms with Gasteiger partial charge in [-0.05, 0) is 43.4 Å². The van der Waals surface area contributed by atoms with Gasteiger partial charge in [0.2, 0.25) is 0 Å². The fourth-order valence-corrected chi connectivity index (χ4v) is 9.04. The third kappa shape index (κ3) is 9.40. The molecule has 0 radical (unpaired) electrons. The van der Waals surface area contributed by atoms with E-state index < -0.39 is 18.4 Å². The Hall–Kier alpha value is -1.23. The van der Waals surface area contributed by atoms with Crippen molar-refractivity contribution in [3.05, 3.63) is 63.8 Å². The SMILES string of the molecule is CC(C)C1=C(N2[CH-]C(C)(C3CCCCC3)CC2(C)C)[C@H](C(C)C)CC=C1.CC(C)Oc1ccc([N+](=O)[O-])cc1[CH]=[Ru]([Cl])[Cl]. The summed E-state index contributed by atoms with van der Waals surface area (Å²) in [6, 6.07) is 4.38. The third-order valence-electron chi connectivity index (χ3n) is 9.20. The summed E-state index contributed by atoms with van der Waals surface area (Å²) >= 11 is -2.05. The number of nitro groups is 1. The van der Waals surface area contributed by atoms with Crippen LogP contribution in [-0.2, 0) is 13.5 Å². The van der Waals surface area contributed by atoms with Gasteiger partial charge in [0.05, 0.1) is 0 Å². The maximum absolute atomic E-state index is 10.7. The second kappa shape index (κ2) is 15.4. The standard InChI is InChI=1S/C25H42N.C10H11NO3.2ClH.Ru/c1-18(2)21-14-11-15-22(19(3)4)23(21)26-17-25(7,16-24(26,5)6)20-12-9-8-10-13-20;1-7(2)14-10-5-4-9(11(12)13)6-8(10)3;;;/h11,14,17-20,22H,8-10,12-13,15-16H2,1-7H3;3-7H,1-2H3;2*1H;/q-1;;;;+2/p-2/t22-,25?;;;;/m0..../s1. The minimum absolute atomic E-state index is 0.00360. The van der Waals surface area contributed by atoms with E-state index in [2.05, 4.69) is 72.1 Å². The Bertz CT molecular complexity index is 1210. The van der Waals surface area contributed by atoms with Gasteiger partial charge in [-0.25, -0.2) is 6.54 Å². The first kappa shape index (κ1) is 36.2. The van der Waals surface area contributed by atoms with Crippen molar-refractivity contribution in [2.75, 3.05) is 0 Å². The molecular formula is C35H53Cl2N2O3Ru-. The molecular weight excluding hydrogens is 668 g/mol. The van der Waals surface area contributed by atoms with E-state index in [4.69, 9.17) is 24.1 Å². The molecule has 1 unspecified atom stereocenters. The number of ether oxygens (including phenoxy) is 1. The van der Waals surface area contributed by atoms with Crippen molar-refractivity contribution in [2.24, 2.45) is 29.1 Å². The summed E-state index contributed by atoms with van der Waals surface area (Å²) in [7, 11) is 11.6. The molecule has 0 amide bonds. The predicted molar refractivity (Wildman–Crippen MR) is 179 cm³/mol. The van der Waals surface area contributed by atoms with Crippen molar-refractivity contribution in [2.45, 2.75) is 119 Å². The number of hydrogen-bond acceptors (Lipinski definition) is 4. The normalized spacial score (nSPS) is 24.4. The Morgan fingerprint density at radius 2 is 1.74 bits per heavy atom. The molecule has 1 heterocycles. The van der Waals surface area contributed by atoms with Crippen LogP contribution >= 0.6 is 19.4 Å². The third-order valence-corrected chi connectivity index (χ3v) is 11.0. The van der Waals surface area contributed by atoms with Gasteiger partial charge < -0.3 is 4.90 Å². The summed E-state index contributed by atoms with van der Waals surface area (Å²) < 4.78 is 7.17. The molecule has 0 N–H and O–H groups in total. The molecule has 1 saturated carbocycles. The van der Waals surface area contributed by atoms with Crippen LogP contribution in [-0.4, -0.2) is 26.1 Å². The van der Waals surface area contributed by atoms with Crippen molar-refractivity contribution in [3.8, 4) is 5.75 Å². The Morgan fingerprint density at radius 3 is 2.28 bits per heavy atom. The molecule has 3 aliphatic rings. The van der Waals surface area contributed by atoms with E-state index >= 15 is 0 Å². The van der Waals surface area contributed by atoms with Crippen molar-refractivity contribution < 1.29 is 23.2 Å². The minimum atomic E-state index is -2.05. The van der Waals surface area contributed by atoms with Gasteiger partial charge in [-0.1, -0.05) is 91.2 Å². The zero-order chi connectivity index (χ0) is 32.1. The van der Waals surface area contributed by atoms with Crippen molar-refractivity contribution >= 4 is 29.7 Å². The van der Waals surface area contributed by atoms with Crippen LogP contribution in [0.1, 0.15) is 113 Å². The zero-order valence-corrected chi connectivity index (χ0v) is 30.9. The van der Waals surface area contributed by atoms with Crippen molar-refractivity contribution in [1.82, 2.24) is 4.90 Å². The molecule has 1 saturated heterocycles. The summed E-state index contributed by atoms with van der Waals surface area (Å²) in [5.74, 6) is 3.37. The number of hydrogen-bond donors (Lipinski definition) is 0. The van der Waals surface area contributed by atoms with Crippen LogP contribution in [0.25, 0.3) is 0 Å². The van der Waals surface area contributed by atoms with E-state index in [1.807, 2.05) is 13.8 Å². The summed E-state index contributed by atoms with van der Waals surface area (Å²) in [6.45, 7) is 23.5. The zero-order valence-electron chi connectivity index (χ0n) is 27.6. The first-order valence-corrected chi connectivity index (χ1v) is 21.4. The van der Waals surface area contributed by atoms with Gasteiger partial charge in [-0.2, -0.15) is 0 Å². The van der Waals surface area contributed by atoms with Gasteiger partial charge in [0.1, 0.15) is 0 Å². The number of rotatable bonds is 8. The Morgan fingerprint density at radius 1 is 1.09 bits per heavy atom. The van der Waals surface area contributed by atoms with E-state index in [0.29, 0.717) is 34.5 Å². The van der Waals surface area contributed by atoms with Crippen LogP contribution < -0.4 is 4.74 Å². The van der Waals surface area contributed by atoms with E-state index in [1.165, 1.54) is 57.1 Å². The van der Waals surface area contributed by atoms with Crippen LogP contribution in [0.2, 0.25) is 0 Å². The number of allylic oxidation sites excluding steroid dienone is 4. The monoisotopic (exact) mass is 721 g/mol.